The molecule has 6 heterocycles. The average Bonchev–Trinajstić information content (AvgIpc) is 3.99. The summed E-state index contributed by atoms with van der Waals surface area (Å²) >= 11 is 0. The molecule has 0 unspecified atom stereocenters. The summed E-state index contributed by atoms with van der Waals surface area (Å²) in [5.41, 5.74) is 3.87. The summed E-state index contributed by atoms with van der Waals surface area (Å²) in [6, 6.07) is 6.90. The van der Waals surface area contributed by atoms with Crippen LogP contribution in [-0.2, 0) is 19.1 Å². The van der Waals surface area contributed by atoms with Gasteiger partial charge in [-0.2, -0.15) is 0 Å². The fraction of sp³-hybridized carbons (Fsp3) is 0.429. The Labute approximate surface area is 350 Å². The minimum atomic E-state index is -3.17. The van der Waals surface area contributed by atoms with Crippen LogP contribution >= 0.6 is 0 Å². The molecule has 10 rings (SSSR count). The minimum Gasteiger partial charge on any atom is -0.453 e. The molecular weight excluding hydrogens is 819 g/mol. The highest BCUT2D eigenvalue weighted by molar-refractivity contribution is 6.00. The van der Waals surface area contributed by atoms with Gasteiger partial charge in [0, 0.05) is 35.6 Å². The molecule has 3 aromatic heterocycles. The lowest BCUT2D eigenvalue weighted by Gasteiger charge is -2.27. The molecule has 5 aromatic rings. The van der Waals surface area contributed by atoms with Gasteiger partial charge in [-0.15, -0.1) is 0 Å². The zero-order valence-electron chi connectivity index (χ0n) is 33.4. The van der Waals surface area contributed by atoms with E-state index in [0.717, 1.165) is 26.3 Å². The first-order valence-electron chi connectivity index (χ1n) is 20.3. The molecule has 62 heavy (non-hydrogen) atoms. The monoisotopic (exact) mass is 859 g/mol. The van der Waals surface area contributed by atoms with E-state index in [9.17, 15) is 36.7 Å². The molecule has 3 aliphatic heterocycles. The Morgan fingerprint density at radius 3 is 1.85 bits per heavy atom. The van der Waals surface area contributed by atoms with Gasteiger partial charge in [-0.05, 0) is 67.9 Å². The van der Waals surface area contributed by atoms with E-state index in [1.165, 1.54) is 20.4 Å². The van der Waals surface area contributed by atoms with Gasteiger partial charge >= 0.3 is 12.2 Å². The Kier molecular flexibility index (Phi) is 9.25. The van der Waals surface area contributed by atoms with Crippen LogP contribution in [-0.4, -0.2) is 110 Å². The number of likely N-dealkylation sites (tertiary alicyclic amines) is 2. The summed E-state index contributed by atoms with van der Waals surface area (Å²) in [7, 11) is 2.35. The lowest BCUT2D eigenvalue weighted by atomic mass is 10.1. The number of hydrogen-bond donors (Lipinski definition) is 4. The van der Waals surface area contributed by atoms with Crippen LogP contribution in [0.4, 0.5) is 27.2 Å². The second kappa shape index (κ2) is 14.5. The highest BCUT2D eigenvalue weighted by atomic mass is 19.3. The van der Waals surface area contributed by atoms with Crippen LogP contribution in [0.15, 0.2) is 55.0 Å². The molecule has 4 fully saturated rings. The van der Waals surface area contributed by atoms with Crippen molar-refractivity contribution < 1.29 is 51.0 Å². The van der Waals surface area contributed by atoms with E-state index in [4.69, 9.17) is 4.74 Å². The summed E-state index contributed by atoms with van der Waals surface area (Å²) in [6.45, 7) is -1.62. The van der Waals surface area contributed by atoms with Crippen molar-refractivity contribution in [2.75, 3.05) is 27.3 Å². The third-order valence-electron chi connectivity index (χ3n) is 12.4. The summed E-state index contributed by atoms with van der Waals surface area (Å²) in [5.74, 6) is -6.46. The summed E-state index contributed by atoms with van der Waals surface area (Å²) in [5, 5.41) is 5.84. The minimum absolute atomic E-state index is 0.162. The smallest absolute Gasteiger partial charge is 0.407 e. The van der Waals surface area contributed by atoms with E-state index >= 15 is 0 Å². The quantitative estimate of drug-likeness (QED) is 0.110. The van der Waals surface area contributed by atoms with Crippen LogP contribution < -0.4 is 15.4 Å². The molecule has 4 atom stereocenters. The number of H-pyrrole nitrogens is 2. The number of ether oxygens (including phenoxy) is 3. The maximum absolute atomic E-state index is 15.0. The first-order valence-corrected chi connectivity index (χ1v) is 20.3. The van der Waals surface area contributed by atoms with Gasteiger partial charge in [0.05, 0.1) is 74.4 Å². The predicted octanol–water partition coefficient (Wildman–Crippen LogP) is 6.60. The van der Waals surface area contributed by atoms with Gasteiger partial charge in [0.1, 0.15) is 23.7 Å². The first-order chi connectivity index (χ1) is 29.7. The number of nitrogens with zero attached hydrogens (tertiary/aromatic N) is 5. The molecule has 324 valence electrons. The number of nitrogens with one attached hydrogen (secondary N) is 4. The number of alkyl carbamates (subject to hydrolysis) is 2. The Hall–Kier alpha value is -6.60. The number of fused-ring (bicyclic) bond motifs is 2. The largest absolute Gasteiger partial charge is 0.453 e. The lowest BCUT2D eigenvalue weighted by Crippen LogP contribution is -2.50. The number of aromatic nitrogens is 5. The third-order valence-corrected chi connectivity index (χ3v) is 12.4. The Morgan fingerprint density at radius 2 is 1.31 bits per heavy atom. The molecule has 20 heteroatoms. The van der Waals surface area contributed by atoms with E-state index < -0.39 is 85.9 Å². The molecular formula is C42H41F4N9O7. The zero-order chi connectivity index (χ0) is 43.2. The van der Waals surface area contributed by atoms with Crippen molar-refractivity contribution in [2.45, 2.75) is 74.5 Å². The molecule has 2 saturated carbocycles. The number of methoxy groups -OCH3 is 2. The molecule has 16 nitrogen and oxygen atoms in total. The number of imidazole rings is 2. The number of alkyl halides is 4. The number of aromatic amines is 2. The Morgan fingerprint density at radius 1 is 0.758 bits per heavy atom. The van der Waals surface area contributed by atoms with Gasteiger partial charge in [-0.25, -0.2) is 37.1 Å². The second-order valence-electron chi connectivity index (χ2n) is 16.7. The van der Waals surface area contributed by atoms with Gasteiger partial charge in [-0.3, -0.25) is 9.59 Å². The highest BCUT2D eigenvalue weighted by Gasteiger charge is 2.53. The van der Waals surface area contributed by atoms with E-state index in [2.05, 4.69) is 40.0 Å². The maximum Gasteiger partial charge on any atom is 0.407 e. The number of hydrogen-bond acceptors (Lipinski definition) is 9. The zero-order valence-corrected chi connectivity index (χ0v) is 33.4. The first kappa shape index (κ1) is 39.5. The number of carbonyl (C=O) groups is 4. The number of benzene rings is 2. The normalized spacial score (nSPS) is 21.8. The van der Waals surface area contributed by atoms with Crippen LogP contribution in [0, 0.1) is 11.8 Å². The third kappa shape index (κ3) is 7.03. The highest BCUT2D eigenvalue weighted by Crippen LogP contribution is 2.48. The van der Waals surface area contributed by atoms with E-state index in [1.807, 2.05) is 35.0 Å². The van der Waals surface area contributed by atoms with E-state index in [0.29, 0.717) is 59.8 Å². The summed E-state index contributed by atoms with van der Waals surface area (Å²) in [6.07, 6.45) is 4.79. The summed E-state index contributed by atoms with van der Waals surface area (Å²) in [4.78, 5) is 68.8. The fourth-order valence-corrected chi connectivity index (χ4v) is 9.06. The van der Waals surface area contributed by atoms with Crippen molar-refractivity contribution >= 4 is 34.9 Å². The molecule has 2 aromatic carbocycles. The van der Waals surface area contributed by atoms with Crippen LogP contribution in [0.2, 0.25) is 0 Å². The van der Waals surface area contributed by atoms with Crippen LogP contribution in [0.25, 0.3) is 39.1 Å². The fourth-order valence-electron chi connectivity index (χ4n) is 9.06. The van der Waals surface area contributed by atoms with Gasteiger partial charge in [0.15, 0.2) is 11.5 Å². The van der Waals surface area contributed by atoms with Gasteiger partial charge in [0.2, 0.25) is 11.8 Å². The molecule has 2 saturated heterocycles. The van der Waals surface area contributed by atoms with Crippen molar-refractivity contribution in [3.8, 4) is 39.7 Å². The van der Waals surface area contributed by atoms with Crippen LogP contribution in [0.3, 0.4) is 0 Å². The van der Waals surface area contributed by atoms with Crippen molar-refractivity contribution in [3.05, 3.63) is 66.6 Å². The van der Waals surface area contributed by atoms with E-state index in [-0.39, 0.29) is 23.5 Å². The average molecular weight is 860 g/mol. The predicted molar refractivity (Wildman–Crippen MR) is 211 cm³/mol. The molecule has 0 bridgehead atoms. The number of amides is 4. The molecule has 0 radical (unpaired) electrons. The van der Waals surface area contributed by atoms with Crippen LogP contribution in [0.5, 0.6) is 11.5 Å². The lowest BCUT2D eigenvalue weighted by molar-refractivity contribution is -0.136. The van der Waals surface area contributed by atoms with Gasteiger partial charge in [0.25, 0.3) is 11.8 Å². The van der Waals surface area contributed by atoms with Gasteiger partial charge < -0.3 is 49.2 Å². The van der Waals surface area contributed by atoms with Crippen molar-refractivity contribution in [1.29, 1.82) is 0 Å². The SMILES string of the molecule is COC(=O)N[C@H](C(=O)N1CC(F)(F)C[C@H]1c1ncc(-c2ccc3c(c2)Oc2ccc(-c4cnc([C@@H]5CC(F)(F)CN5C(=O)[C@@H](NC(=O)OC)C5CC5)[nH]4)c4ccn-3c24)[nH]1)C1CC1. The van der Waals surface area contributed by atoms with Crippen molar-refractivity contribution in [2.24, 2.45) is 11.8 Å². The molecule has 5 aliphatic rings. The standard InChI is InChI=1S/C42H41F4N9O7/c1-60-39(58)51-32(20-3-4-20)37(56)54-18-41(43,44)14-28(54)35-47-16-25(49-35)22-7-9-27-31(13-22)62-30-10-8-23(24-11-12-53(27)34(24)30)26-17-48-36(50-26)29-15-42(45,46)19-55(29)38(57)33(21-5-6-21)52-40(59)61-2/h7-13,16-17,20-21,28-29,32-33H,3-6,14-15,18-19H2,1-2H3,(H,47,49)(H,48,50)(H,51,58)(H,52,59)/t28-,29-,32-,33-/m0/s1. The van der Waals surface area contributed by atoms with Crippen molar-refractivity contribution in [3.63, 3.8) is 0 Å². The van der Waals surface area contributed by atoms with Crippen molar-refractivity contribution in [1.82, 2.24) is 44.9 Å². The van der Waals surface area contributed by atoms with Crippen LogP contribution in [0.1, 0.15) is 62.3 Å². The molecule has 0 spiro atoms. The Balaban J connectivity index is 0.896. The number of halogens is 4. The number of rotatable bonds is 10. The molecule has 4 N–H and O–H groups in total. The maximum atomic E-state index is 15.0. The number of carbonyl (C=O) groups excluding carboxylic acids is 4. The molecule has 4 amide bonds. The topological polar surface area (TPSA) is 189 Å². The van der Waals surface area contributed by atoms with E-state index in [1.54, 1.807) is 18.3 Å². The second-order valence-corrected chi connectivity index (χ2v) is 16.7. The van der Waals surface area contributed by atoms with Gasteiger partial charge in [-0.1, -0.05) is 6.07 Å². The summed E-state index contributed by atoms with van der Waals surface area (Å²) < 4.78 is 77.5. The Bertz CT molecular complexity index is 2640. The molecule has 2 aliphatic carbocycles.